The van der Waals surface area contributed by atoms with E-state index in [0.29, 0.717) is 5.56 Å². The minimum Gasteiger partial charge on any atom is -0.374 e. The van der Waals surface area contributed by atoms with Crippen molar-refractivity contribution in [2.45, 2.75) is 12.4 Å². The monoisotopic (exact) mass is 496 g/mol. The summed E-state index contributed by atoms with van der Waals surface area (Å²) in [4.78, 5) is 9.03. The van der Waals surface area contributed by atoms with Crippen LogP contribution in [0.1, 0.15) is 17.4 Å². The summed E-state index contributed by atoms with van der Waals surface area (Å²) in [5.74, 6) is -1.08. The third-order valence-corrected chi connectivity index (χ3v) is 7.25. The Morgan fingerprint density at radius 3 is 2.18 bits per heavy atom. The molecule has 0 spiro atoms. The van der Waals surface area contributed by atoms with Crippen molar-refractivity contribution in [3.05, 3.63) is 65.7 Å². The van der Waals surface area contributed by atoms with Gasteiger partial charge in [0, 0.05) is 42.2 Å². The fourth-order valence-corrected chi connectivity index (χ4v) is 5.01. The number of benzene rings is 2. The molecular weight excluding hydrogens is 476 g/mol. The lowest BCUT2D eigenvalue weighted by Gasteiger charge is -2.32. The Hall–Kier alpha value is -3.09. The summed E-state index contributed by atoms with van der Waals surface area (Å²) in [5.41, 5.74) is 5.33. The maximum absolute atomic E-state index is 15.0. The summed E-state index contributed by atoms with van der Waals surface area (Å²) in [6.07, 6.45) is -3.49. The first-order valence-corrected chi connectivity index (χ1v) is 12.0. The van der Waals surface area contributed by atoms with Gasteiger partial charge in [-0.1, -0.05) is 18.2 Å². The van der Waals surface area contributed by atoms with Crippen molar-refractivity contribution in [2.24, 2.45) is 0 Å². The van der Waals surface area contributed by atoms with Crippen molar-refractivity contribution in [1.29, 1.82) is 0 Å². The number of hydrogen-bond donors (Lipinski definition) is 2. The summed E-state index contributed by atoms with van der Waals surface area (Å²) >= 11 is 0. The number of rotatable bonds is 4. The number of nitrogen functional groups attached to an aromatic ring is 1. The SMILES string of the molecule is Nc1ncc(-c2ccc(-c3ccc(C(F)(F)F)cc3C(O)N3CCS(=O)(=O)CC3)cc2F)cn1. The van der Waals surface area contributed by atoms with Crippen molar-refractivity contribution in [1.82, 2.24) is 14.9 Å². The van der Waals surface area contributed by atoms with Crippen LogP contribution in [0.5, 0.6) is 0 Å². The van der Waals surface area contributed by atoms with Crippen LogP contribution in [0.2, 0.25) is 0 Å². The van der Waals surface area contributed by atoms with Gasteiger partial charge in [0.05, 0.1) is 17.1 Å². The highest BCUT2D eigenvalue weighted by Gasteiger charge is 2.34. The first-order chi connectivity index (χ1) is 15.9. The van der Waals surface area contributed by atoms with Gasteiger partial charge < -0.3 is 10.8 Å². The van der Waals surface area contributed by atoms with Gasteiger partial charge >= 0.3 is 6.18 Å². The van der Waals surface area contributed by atoms with E-state index in [-0.39, 0.29) is 52.8 Å². The van der Waals surface area contributed by atoms with Gasteiger partial charge in [0.25, 0.3) is 0 Å². The summed E-state index contributed by atoms with van der Waals surface area (Å²) in [6, 6.07) is 6.91. The number of halogens is 4. The Kier molecular flexibility index (Phi) is 6.32. The molecule has 1 fully saturated rings. The fraction of sp³-hybridized carbons (Fsp3) is 0.273. The van der Waals surface area contributed by atoms with E-state index < -0.39 is 33.6 Å². The van der Waals surface area contributed by atoms with E-state index in [4.69, 9.17) is 5.73 Å². The fourth-order valence-electron chi connectivity index (χ4n) is 3.78. The number of aliphatic hydroxyl groups excluding tert-OH is 1. The molecule has 0 aliphatic carbocycles. The lowest BCUT2D eigenvalue weighted by Crippen LogP contribution is -2.42. The molecular formula is C22H20F4N4O3S. The molecule has 3 aromatic rings. The van der Waals surface area contributed by atoms with Crippen LogP contribution in [0, 0.1) is 5.82 Å². The highest BCUT2D eigenvalue weighted by molar-refractivity contribution is 7.91. The predicted molar refractivity (Wildman–Crippen MR) is 117 cm³/mol. The van der Waals surface area contributed by atoms with Crippen LogP contribution in [0.15, 0.2) is 48.8 Å². The van der Waals surface area contributed by atoms with Crippen molar-refractivity contribution < 1.29 is 31.1 Å². The molecule has 1 aromatic heterocycles. The molecule has 12 heteroatoms. The number of sulfone groups is 1. The normalized spacial score (nSPS) is 17.4. The lowest BCUT2D eigenvalue weighted by atomic mass is 9.94. The van der Waals surface area contributed by atoms with E-state index >= 15 is 0 Å². The van der Waals surface area contributed by atoms with Crippen molar-refractivity contribution in [3.63, 3.8) is 0 Å². The average Bonchev–Trinajstić information content (AvgIpc) is 2.78. The van der Waals surface area contributed by atoms with Gasteiger partial charge in [-0.2, -0.15) is 13.2 Å². The van der Waals surface area contributed by atoms with E-state index in [2.05, 4.69) is 9.97 Å². The van der Waals surface area contributed by atoms with Gasteiger partial charge in [-0.15, -0.1) is 0 Å². The van der Waals surface area contributed by atoms with Gasteiger partial charge in [0.1, 0.15) is 12.0 Å². The minimum absolute atomic E-state index is 0.0228. The van der Waals surface area contributed by atoms with Crippen LogP contribution >= 0.6 is 0 Å². The van der Waals surface area contributed by atoms with E-state index in [9.17, 15) is 31.1 Å². The maximum atomic E-state index is 15.0. The van der Waals surface area contributed by atoms with E-state index in [1.54, 1.807) is 0 Å². The summed E-state index contributed by atoms with van der Waals surface area (Å²) in [7, 11) is -3.26. The molecule has 1 atom stereocenters. The Morgan fingerprint density at radius 2 is 1.59 bits per heavy atom. The molecule has 180 valence electrons. The Morgan fingerprint density at radius 1 is 0.971 bits per heavy atom. The summed E-state index contributed by atoms with van der Waals surface area (Å²) in [6.45, 7) is -0.0761. The van der Waals surface area contributed by atoms with E-state index in [1.165, 1.54) is 35.5 Å². The highest BCUT2D eigenvalue weighted by atomic mass is 32.2. The number of nitrogens with zero attached hydrogens (tertiary/aromatic N) is 3. The smallest absolute Gasteiger partial charge is 0.374 e. The first kappa shape index (κ1) is 24.0. The zero-order valence-electron chi connectivity index (χ0n) is 17.6. The van der Waals surface area contributed by atoms with E-state index in [0.717, 1.165) is 18.2 Å². The van der Waals surface area contributed by atoms with Gasteiger partial charge in [0.2, 0.25) is 5.95 Å². The maximum Gasteiger partial charge on any atom is 0.416 e. The minimum atomic E-state index is -4.66. The molecule has 1 aliphatic heterocycles. The van der Waals surface area contributed by atoms with Crippen LogP contribution in [-0.4, -0.2) is 53.0 Å². The largest absolute Gasteiger partial charge is 0.416 e. The quantitative estimate of drug-likeness (QED) is 0.534. The molecule has 34 heavy (non-hydrogen) atoms. The number of hydrogen-bond acceptors (Lipinski definition) is 7. The molecule has 3 N–H and O–H groups in total. The third-order valence-electron chi connectivity index (χ3n) is 5.64. The number of nitrogens with two attached hydrogens (primary N) is 1. The Balaban J connectivity index is 1.75. The van der Waals surface area contributed by atoms with Crippen LogP contribution in [0.4, 0.5) is 23.5 Å². The van der Waals surface area contributed by atoms with Crippen molar-refractivity contribution >= 4 is 15.8 Å². The molecule has 2 aromatic carbocycles. The average molecular weight is 496 g/mol. The molecule has 2 heterocycles. The molecule has 0 saturated carbocycles. The molecule has 7 nitrogen and oxygen atoms in total. The van der Waals surface area contributed by atoms with Crippen LogP contribution in [-0.2, 0) is 16.0 Å². The summed E-state index contributed by atoms with van der Waals surface area (Å²) < 4.78 is 78.6. The zero-order chi connectivity index (χ0) is 24.7. The molecule has 4 rings (SSSR count). The molecule has 0 radical (unpaired) electrons. The van der Waals surface area contributed by atoms with E-state index in [1.807, 2.05) is 0 Å². The Bertz CT molecular complexity index is 1300. The molecule has 1 saturated heterocycles. The van der Waals surface area contributed by atoms with Crippen molar-refractivity contribution in [3.8, 4) is 22.3 Å². The van der Waals surface area contributed by atoms with Gasteiger partial charge in [-0.05, 0) is 29.3 Å². The standard InChI is InChI=1S/C22H20F4N4O3S/c23-19-9-13(1-3-17(19)14-11-28-21(27)29-12-14)16-4-2-15(22(24,25)26)10-18(16)20(31)30-5-7-34(32,33)8-6-30/h1-4,9-12,20,31H,5-8H2,(H2,27,28,29). The predicted octanol–water partition coefficient (Wildman–Crippen LogP) is 3.27. The zero-order valence-corrected chi connectivity index (χ0v) is 18.4. The summed E-state index contributed by atoms with van der Waals surface area (Å²) in [5, 5.41) is 10.9. The second-order valence-corrected chi connectivity index (χ2v) is 10.2. The number of aliphatic hydroxyl groups is 1. The molecule has 0 bridgehead atoms. The van der Waals surface area contributed by atoms with Crippen LogP contribution in [0.25, 0.3) is 22.3 Å². The van der Waals surface area contributed by atoms with Crippen molar-refractivity contribution in [2.75, 3.05) is 30.3 Å². The van der Waals surface area contributed by atoms with Gasteiger partial charge in [-0.25, -0.2) is 22.8 Å². The number of anilines is 1. The molecule has 1 unspecified atom stereocenters. The first-order valence-electron chi connectivity index (χ1n) is 10.2. The highest BCUT2D eigenvalue weighted by Crippen LogP contribution is 2.38. The number of alkyl halides is 3. The molecule has 0 amide bonds. The number of aromatic nitrogens is 2. The lowest BCUT2D eigenvalue weighted by molar-refractivity contribution is -0.137. The third kappa shape index (κ3) is 5.03. The van der Waals surface area contributed by atoms with Crippen LogP contribution < -0.4 is 5.73 Å². The van der Waals surface area contributed by atoms with Crippen LogP contribution in [0.3, 0.4) is 0 Å². The molecule has 1 aliphatic rings. The van der Waals surface area contributed by atoms with Gasteiger partial charge in [0.15, 0.2) is 9.84 Å². The topological polar surface area (TPSA) is 109 Å². The second kappa shape index (κ2) is 8.93. The van der Waals surface area contributed by atoms with Gasteiger partial charge in [-0.3, -0.25) is 4.90 Å². The Labute approximate surface area is 192 Å². The second-order valence-electron chi connectivity index (χ2n) is 7.89.